The number of para-hydroxylation sites is 1. The SMILES string of the molecule is C[C@@H](OC(=O)CCc1nc2ccccc2s1)C(=O)Nc1ccc(Cl)cn1. The summed E-state index contributed by atoms with van der Waals surface area (Å²) in [6.07, 6.45) is 1.14. The van der Waals surface area contributed by atoms with Crippen LogP contribution in [0, 0.1) is 0 Å². The molecule has 1 atom stereocenters. The molecule has 1 aromatic carbocycles. The van der Waals surface area contributed by atoms with Gasteiger partial charge in [0.25, 0.3) is 5.91 Å². The number of benzene rings is 1. The Kier molecular flexibility index (Phi) is 5.80. The minimum atomic E-state index is -0.921. The molecule has 0 aliphatic rings. The van der Waals surface area contributed by atoms with E-state index in [1.807, 2.05) is 24.3 Å². The van der Waals surface area contributed by atoms with Crippen LogP contribution in [0.5, 0.6) is 0 Å². The summed E-state index contributed by atoms with van der Waals surface area (Å²) in [5.74, 6) is -0.555. The van der Waals surface area contributed by atoms with Gasteiger partial charge in [0.05, 0.1) is 26.7 Å². The topological polar surface area (TPSA) is 81.2 Å². The molecular formula is C18H16ClN3O3S. The lowest BCUT2D eigenvalue weighted by Crippen LogP contribution is -2.30. The van der Waals surface area contributed by atoms with Crippen molar-refractivity contribution < 1.29 is 14.3 Å². The third-order valence-corrected chi connectivity index (χ3v) is 4.86. The number of pyridine rings is 1. The number of anilines is 1. The second-order valence-corrected chi connectivity index (χ2v) is 7.11. The zero-order chi connectivity index (χ0) is 18.5. The first-order valence-corrected chi connectivity index (χ1v) is 9.17. The van der Waals surface area contributed by atoms with Crippen LogP contribution < -0.4 is 5.32 Å². The summed E-state index contributed by atoms with van der Waals surface area (Å²) in [7, 11) is 0. The maximum absolute atomic E-state index is 12.1. The molecule has 0 bridgehead atoms. The quantitative estimate of drug-likeness (QED) is 0.647. The smallest absolute Gasteiger partial charge is 0.306 e. The van der Waals surface area contributed by atoms with E-state index in [0.717, 1.165) is 15.2 Å². The lowest BCUT2D eigenvalue weighted by molar-refractivity contribution is -0.153. The average molecular weight is 390 g/mol. The Morgan fingerprint density at radius 3 is 2.81 bits per heavy atom. The van der Waals surface area contributed by atoms with Gasteiger partial charge in [-0.25, -0.2) is 9.97 Å². The molecule has 26 heavy (non-hydrogen) atoms. The first-order chi connectivity index (χ1) is 12.5. The van der Waals surface area contributed by atoms with Gasteiger partial charge in [-0.1, -0.05) is 23.7 Å². The van der Waals surface area contributed by atoms with Gasteiger partial charge >= 0.3 is 5.97 Å². The number of aryl methyl sites for hydroxylation is 1. The summed E-state index contributed by atoms with van der Waals surface area (Å²) in [6, 6.07) is 11.0. The van der Waals surface area contributed by atoms with Gasteiger partial charge in [0.2, 0.25) is 0 Å². The first kappa shape index (κ1) is 18.3. The van der Waals surface area contributed by atoms with E-state index >= 15 is 0 Å². The van der Waals surface area contributed by atoms with Crippen LogP contribution in [-0.2, 0) is 20.7 Å². The van der Waals surface area contributed by atoms with Crippen molar-refractivity contribution in [2.45, 2.75) is 25.9 Å². The zero-order valence-corrected chi connectivity index (χ0v) is 15.5. The maximum atomic E-state index is 12.1. The fraction of sp³-hybridized carbons (Fsp3) is 0.222. The van der Waals surface area contributed by atoms with E-state index in [1.54, 1.807) is 23.5 Å². The first-order valence-electron chi connectivity index (χ1n) is 7.97. The number of carbonyl (C=O) groups excluding carboxylic acids is 2. The number of thiazole rings is 1. The van der Waals surface area contributed by atoms with Gasteiger partial charge in [0.1, 0.15) is 5.82 Å². The number of carbonyl (C=O) groups is 2. The molecule has 0 saturated heterocycles. The van der Waals surface area contributed by atoms with Crippen molar-refractivity contribution in [2.75, 3.05) is 5.32 Å². The fourth-order valence-corrected chi connectivity index (χ4v) is 3.30. The Bertz CT molecular complexity index is 894. The number of esters is 1. The molecule has 3 rings (SSSR count). The van der Waals surface area contributed by atoms with E-state index in [2.05, 4.69) is 15.3 Å². The highest BCUT2D eigenvalue weighted by molar-refractivity contribution is 7.18. The molecule has 0 saturated carbocycles. The minimum absolute atomic E-state index is 0.163. The molecule has 3 aromatic rings. The van der Waals surface area contributed by atoms with Gasteiger partial charge in [0, 0.05) is 12.6 Å². The van der Waals surface area contributed by atoms with Gasteiger partial charge in [0.15, 0.2) is 6.10 Å². The third kappa shape index (κ3) is 4.77. The molecule has 1 amide bonds. The van der Waals surface area contributed by atoms with Gasteiger partial charge in [-0.3, -0.25) is 9.59 Å². The number of nitrogens with zero attached hydrogens (tertiary/aromatic N) is 2. The van der Waals surface area contributed by atoms with Crippen molar-refractivity contribution in [2.24, 2.45) is 0 Å². The molecule has 2 aromatic heterocycles. The van der Waals surface area contributed by atoms with Gasteiger partial charge in [-0.2, -0.15) is 0 Å². The molecule has 1 N–H and O–H groups in total. The highest BCUT2D eigenvalue weighted by atomic mass is 35.5. The van der Waals surface area contributed by atoms with Crippen molar-refractivity contribution in [3.05, 3.63) is 52.6 Å². The number of halogens is 1. The summed E-state index contributed by atoms with van der Waals surface area (Å²) in [4.78, 5) is 32.5. The lowest BCUT2D eigenvalue weighted by Gasteiger charge is -2.12. The summed E-state index contributed by atoms with van der Waals surface area (Å²) in [6.45, 7) is 1.51. The number of hydrogen-bond acceptors (Lipinski definition) is 6. The van der Waals surface area contributed by atoms with Crippen LogP contribution in [0.4, 0.5) is 5.82 Å². The number of aromatic nitrogens is 2. The zero-order valence-electron chi connectivity index (χ0n) is 13.9. The number of rotatable bonds is 6. The Labute approximate surface area is 159 Å². The van der Waals surface area contributed by atoms with Crippen LogP contribution in [0.2, 0.25) is 5.02 Å². The molecule has 0 aliphatic carbocycles. The number of amides is 1. The fourth-order valence-electron chi connectivity index (χ4n) is 2.22. The van der Waals surface area contributed by atoms with E-state index in [0.29, 0.717) is 17.3 Å². The van der Waals surface area contributed by atoms with E-state index < -0.39 is 18.0 Å². The second-order valence-electron chi connectivity index (χ2n) is 5.56. The van der Waals surface area contributed by atoms with Gasteiger partial charge in [-0.15, -0.1) is 11.3 Å². The van der Waals surface area contributed by atoms with Crippen LogP contribution in [0.25, 0.3) is 10.2 Å². The Morgan fingerprint density at radius 2 is 2.08 bits per heavy atom. The van der Waals surface area contributed by atoms with Crippen LogP contribution in [0.3, 0.4) is 0 Å². The Morgan fingerprint density at radius 1 is 1.27 bits per heavy atom. The van der Waals surface area contributed by atoms with Gasteiger partial charge < -0.3 is 10.1 Å². The minimum Gasteiger partial charge on any atom is -0.453 e. The summed E-state index contributed by atoms with van der Waals surface area (Å²) in [5.41, 5.74) is 0.920. The highest BCUT2D eigenvalue weighted by Crippen LogP contribution is 2.22. The highest BCUT2D eigenvalue weighted by Gasteiger charge is 2.18. The number of fused-ring (bicyclic) bond motifs is 1. The molecule has 6 nitrogen and oxygen atoms in total. The van der Waals surface area contributed by atoms with Crippen LogP contribution >= 0.6 is 22.9 Å². The molecule has 0 aliphatic heterocycles. The third-order valence-electron chi connectivity index (χ3n) is 3.54. The molecule has 8 heteroatoms. The van der Waals surface area contributed by atoms with Crippen molar-refractivity contribution >= 4 is 50.8 Å². The predicted molar refractivity (Wildman–Crippen MR) is 101 cm³/mol. The normalized spacial score (nSPS) is 11.9. The average Bonchev–Trinajstić information content (AvgIpc) is 3.05. The molecule has 0 fully saturated rings. The second kappa shape index (κ2) is 8.25. The van der Waals surface area contributed by atoms with E-state index in [4.69, 9.17) is 16.3 Å². The number of nitrogens with one attached hydrogen (secondary N) is 1. The predicted octanol–water partition coefficient (Wildman–Crippen LogP) is 3.85. The van der Waals surface area contributed by atoms with Crippen molar-refractivity contribution in [1.82, 2.24) is 9.97 Å². The lowest BCUT2D eigenvalue weighted by atomic mass is 10.3. The standard InChI is InChI=1S/C18H16ClN3O3S/c1-11(18(24)22-15-7-6-12(19)10-20-15)25-17(23)9-8-16-21-13-4-2-3-5-14(13)26-16/h2-7,10-11H,8-9H2,1H3,(H,20,22,24)/t11-/m1/s1. The molecular weight excluding hydrogens is 374 g/mol. The Hall–Kier alpha value is -2.51. The number of hydrogen-bond donors (Lipinski definition) is 1. The largest absolute Gasteiger partial charge is 0.453 e. The molecule has 134 valence electrons. The molecule has 0 unspecified atom stereocenters. The Balaban J connectivity index is 1.48. The summed E-state index contributed by atoms with van der Waals surface area (Å²) in [5, 5.41) is 3.91. The van der Waals surface area contributed by atoms with E-state index in [1.165, 1.54) is 13.1 Å². The maximum Gasteiger partial charge on any atom is 0.306 e. The van der Waals surface area contributed by atoms with Crippen molar-refractivity contribution in [1.29, 1.82) is 0 Å². The van der Waals surface area contributed by atoms with E-state index in [-0.39, 0.29) is 6.42 Å². The summed E-state index contributed by atoms with van der Waals surface area (Å²) < 4.78 is 6.26. The van der Waals surface area contributed by atoms with Gasteiger partial charge in [-0.05, 0) is 31.2 Å². The molecule has 2 heterocycles. The van der Waals surface area contributed by atoms with E-state index in [9.17, 15) is 9.59 Å². The van der Waals surface area contributed by atoms with Crippen molar-refractivity contribution in [3.63, 3.8) is 0 Å². The van der Waals surface area contributed by atoms with Crippen LogP contribution in [-0.4, -0.2) is 27.9 Å². The van der Waals surface area contributed by atoms with Crippen molar-refractivity contribution in [3.8, 4) is 0 Å². The van der Waals surface area contributed by atoms with Crippen LogP contribution in [0.1, 0.15) is 18.4 Å². The molecule has 0 radical (unpaired) electrons. The van der Waals surface area contributed by atoms with Crippen LogP contribution in [0.15, 0.2) is 42.6 Å². The monoisotopic (exact) mass is 389 g/mol. The number of ether oxygens (including phenoxy) is 1. The summed E-state index contributed by atoms with van der Waals surface area (Å²) >= 11 is 7.29. The molecule has 0 spiro atoms.